The van der Waals surface area contributed by atoms with E-state index in [0.717, 1.165) is 0 Å². The Morgan fingerprint density at radius 3 is 2.40 bits per heavy atom. The normalized spacial score (nSPS) is 12.6. The van der Waals surface area contributed by atoms with E-state index in [0.29, 0.717) is 5.56 Å². The first kappa shape index (κ1) is 18.6. The molecular weight excluding hydrogens is 290 g/mol. The second-order valence-corrected chi connectivity index (χ2v) is 4.83. The standard InChI is InChI=1S/C13H18F2N2O2.ClH/c1-8(17-11(18)13(2,3)16)9-6-4-5-7-10(9)19-12(14)15;/h4-8,12H,16H2,1-3H3,(H,17,18);1H. The maximum absolute atomic E-state index is 12.3. The van der Waals surface area contributed by atoms with Gasteiger partial charge < -0.3 is 15.8 Å². The molecule has 0 saturated carbocycles. The van der Waals surface area contributed by atoms with E-state index < -0.39 is 18.2 Å². The van der Waals surface area contributed by atoms with Crippen molar-refractivity contribution in [1.82, 2.24) is 5.32 Å². The third-order valence-electron chi connectivity index (χ3n) is 2.53. The number of hydrogen-bond acceptors (Lipinski definition) is 3. The van der Waals surface area contributed by atoms with Crippen molar-refractivity contribution in [2.24, 2.45) is 5.73 Å². The second kappa shape index (κ2) is 7.40. The molecule has 3 N–H and O–H groups in total. The minimum Gasteiger partial charge on any atom is -0.434 e. The summed E-state index contributed by atoms with van der Waals surface area (Å²) in [7, 11) is 0. The Balaban J connectivity index is 0.00000361. The highest BCUT2D eigenvalue weighted by Crippen LogP contribution is 2.26. The summed E-state index contributed by atoms with van der Waals surface area (Å²) in [4.78, 5) is 11.8. The first-order valence-electron chi connectivity index (χ1n) is 5.85. The van der Waals surface area contributed by atoms with Gasteiger partial charge >= 0.3 is 6.61 Å². The lowest BCUT2D eigenvalue weighted by Crippen LogP contribution is -2.49. The minimum atomic E-state index is -2.91. The quantitative estimate of drug-likeness (QED) is 0.879. The Morgan fingerprint density at radius 1 is 1.35 bits per heavy atom. The van der Waals surface area contributed by atoms with Gasteiger partial charge in [-0.25, -0.2) is 0 Å². The number of alkyl halides is 2. The van der Waals surface area contributed by atoms with Gasteiger partial charge in [0, 0.05) is 5.56 Å². The van der Waals surface area contributed by atoms with Crippen LogP contribution in [0.15, 0.2) is 24.3 Å². The van der Waals surface area contributed by atoms with Crippen LogP contribution in [-0.4, -0.2) is 18.1 Å². The van der Waals surface area contributed by atoms with Crippen LogP contribution >= 0.6 is 12.4 Å². The molecular formula is C13H19ClF2N2O2. The number of carbonyl (C=O) groups is 1. The van der Waals surface area contributed by atoms with Crippen molar-refractivity contribution in [3.63, 3.8) is 0 Å². The van der Waals surface area contributed by atoms with Gasteiger partial charge in [0.05, 0.1) is 11.6 Å². The van der Waals surface area contributed by atoms with Gasteiger partial charge in [0.25, 0.3) is 0 Å². The molecule has 4 nitrogen and oxygen atoms in total. The molecule has 0 radical (unpaired) electrons. The number of halogens is 3. The molecule has 20 heavy (non-hydrogen) atoms. The summed E-state index contributed by atoms with van der Waals surface area (Å²) in [5.74, 6) is -0.327. The summed E-state index contributed by atoms with van der Waals surface area (Å²) in [6, 6.07) is 5.83. The maximum Gasteiger partial charge on any atom is 0.387 e. The van der Waals surface area contributed by atoms with Crippen LogP contribution in [-0.2, 0) is 4.79 Å². The number of para-hydroxylation sites is 1. The number of rotatable bonds is 5. The molecule has 0 fully saturated rings. The van der Waals surface area contributed by atoms with Crippen molar-refractivity contribution < 1.29 is 18.3 Å². The van der Waals surface area contributed by atoms with Crippen molar-refractivity contribution in [3.05, 3.63) is 29.8 Å². The first-order chi connectivity index (χ1) is 8.71. The third kappa shape index (κ3) is 5.30. The van der Waals surface area contributed by atoms with Crippen LogP contribution in [0.3, 0.4) is 0 Å². The summed E-state index contributed by atoms with van der Waals surface area (Å²) in [6.07, 6.45) is 0. The number of ether oxygens (including phenoxy) is 1. The van der Waals surface area contributed by atoms with Crippen LogP contribution in [0.4, 0.5) is 8.78 Å². The molecule has 1 aromatic carbocycles. The van der Waals surface area contributed by atoms with E-state index in [1.165, 1.54) is 6.07 Å². The highest BCUT2D eigenvalue weighted by Gasteiger charge is 2.24. The lowest BCUT2D eigenvalue weighted by Gasteiger charge is -2.23. The van der Waals surface area contributed by atoms with E-state index in [9.17, 15) is 13.6 Å². The molecule has 0 aliphatic rings. The molecule has 1 amide bonds. The van der Waals surface area contributed by atoms with Gasteiger partial charge in [-0.3, -0.25) is 4.79 Å². The monoisotopic (exact) mass is 308 g/mol. The first-order valence-corrected chi connectivity index (χ1v) is 5.85. The molecule has 1 aromatic rings. The van der Waals surface area contributed by atoms with E-state index in [-0.39, 0.29) is 24.1 Å². The zero-order valence-electron chi connectivity index (χ0n) is 11.5. The number of amides is 1. The largest absolute Gasteiger partial charge is 0.434 e. The average Bonchev–Trinajstić information content (AvgIpc) is 2.27. The molecule has 0 heterocycles. The van der Waals surface area contributed by atoms with Crippen molar-refractivity contribution in [1.29, 1.82) is 0 Å². The van der Waals surface area contributed by atoms with E-state index >= 15 is 0 Å². The SMILES string of the molecule is CC(NC(=O)C(C)(C)N)c1ccccc1OC(F)F.Cl. The maximum atomic E-state index is 12.3. The Kier molecular flexibility index (Phi) is 6.88. The molecule has 1 atom stereocenters. The third-order valence-corrected chi connectivity index (χ3v) is 2.53. The summed E-state index contributed by atoms with van der Waals surface area (Å²) >= 11 is 0. The van der Waals surface area contributed by atoms with E-state index in [1.54, 1.807) is 39.0 Å². The van der Waals surface area contributed by atoms with E-state index in [1.807, 2.05) is 0 Å². The highest BCUT2D eigenvalue weighted by molar-refractivity contribution is 5.85. The number of nitrogens with one attached hydrogen (secondary N) is 1. The Hall–Kier alpha value is -1.40. The zero-order chi connectivity index (χ0) is 14.6. The van der Waals surface area contributed by atoms with Crippen LogP contribution in [0.25, 0.3) is 0 Å². The molecule has 0 aliphatic carbocycles. The molecule has 7 heteroatoms. The van der Waals surface area contributed by atoms with Crippen molar-refractivity contribution >= 4 is 18.3 Å². The molecule has 1 rings (SSSR count). The van der Waals surface area contributed by atoms with Crippen molar-refractivity contribution in [2.75, 3.05) is 0 Å². The summed E-state index contributed by atoms with van der Waals surface area (Å²) < 4.78 is 29.0. The fraction of sp³-hybridized carbons (Fsp3) is 0.462. The number of carbonyl (C=O) groups excluding carboxylic acids is 1. The van der Waals surface area contributed by atoms with Crippen LogP contribution in [0.1, 0.15) is 32.4 Å². The van der Waals surface area contributed by atoms with Gasteiger partial charge in [-0.05, 0) is 26.8 Å². The van der Waals surface area contributed by atoms with Gasteiger partial charge in [-0.1, -0.05) is 18.2 Å². The van der Waals surface area contributed by atoms with Crippen LogP contribution in [0.2, 0.25) is 0 Å². The Labute approximate surface area is 123 Å². The molecule has 0 bridgehead atoms. The minimum absolute atomic E-state index is 0. The average molecular weight is 309 g/mol. The van der Waals surface area contributed by atoms with Crippen LogP contribution < -0.4 is 15.8 Å². The number of hydrogen-bond donors (Lipinski definition) is 2. The van der Waals surface area contributed by atoms with Crippen molar-refractivity contribution in [2.45, 2.75) is 39.0 Å². The van der Waals surface area contributed by atoms with E-state index in [4.69, 9.17) is 5.73 Å². The van der Waals surface area contributed by atoms with E-state index in [2.05, 4.69) is 10.1 Å². The predicted octanol–water partition coefficient (Wildman–Crippen LogP) is 2.62. The van der Waals surface area contributed by atoms with Gasteiger partial charge in [0.1, 0.15) is 5.75 Å². The van der Waals surface area contributed by atoms with Crippen LogP contribution in [0.5, 0.6) is 5.75 Å². The van der Waals surface area contributed by atoms with Gasteiger partial charge in [0.15, 0.2) is 0 Å². The summed E-state index contributed by atoms with van der Waals surface area (Å²) in [6.45, 7) is 1.90. The molecule has 114 valence electrons. The lowest BCUT2D eigenvalue weighted by atomic mass is 10.0. The topological polar surface area (TPSA) is 64.4 Å². The second-order valence-electron chi connectivity index (χ2n) is 4.83. The molecule has 0 spiro atoms. The summed E-state index contributed by atoms with van der Waals surface area (Å²) in [5, 5.41) is 2.66. The molecule has 0 aliphatic heterocycles. The fourth-order valence-corrected chi connectivity index (χ4v) is 1.50. The lowest BCUT2D eigenvalue weighted by molar-refractivity contribution is -0.125. The predicted molar refractivity (Wildman–Crippen MR) is 75.1 cm³/mol. The molecule has 1 unspecified atom stereocenters. The molecule has 0 aromatic heterocycles. The van der Waals surface area contributed by atoms with Gasteiger partial charge in [0.2, 0.25) is 5.91 Å². The van der Waals surface area contributed by atoms with Crippen molar-refractivity contribution in [3.8, 4) is 5.75 Å². The summed E-state index contributed by atoms with van der Waals surface area (Å²) in [5.41, 5.74) is 5.10. The fourth-order valence-electron chi connectivity index (χ4n) is 1.50. The smallest absolute Gasteiger partial charge is 0.387 e. The Bertz CT molecular complexity index is 450. The Morgan fingerprint density at radius 2 is 1.90 bits per heavy atom. The van der Waals surface area contributed by atoms with Gasteiger partial charge in [-0.15, -0.1) is 12.4 Å². The number of benzene rings is 1. The highest BCUT2D eigenvalue weighted by atomic mass is 35.5. The number of nitrogens with two attached hydrogens (primary N) is 1. The molecule has 0 saturated heterocycles. The van der Waals surface area contributed by atoms with Gasteiger partial charge in [-0.2, -0.15) is 8.78 Å². The van der Waals surface area contributed by atoms with Crippen LogP contribution in [0, 0.1) is 0 Å². The zero-order valence-corrected chi connectivity index (χ0v) is 12.3.